The fraction of sp³-hybridized carbons (Fsp3) is 0.700. The van der Waals surface area contributed by atoms with Crippen molar-refractivity contribution in [1.82, 2.24) is 0 Å². The Balaban J connectivity index is 2.90. The quantitative estimate of drug-likeness (QED) is 0.476. The minimum atomic E-state index is -0.307. The van der Waals surface area contributed by atoms with Gasteiger partial charge in [-0.05, 0) is 23.8 Å². The number of aliphatic hydroxyl groups is 1. The molecule has 0 aromatic heterocycles. The van der Waals surface area contributed by atoms with Gasteiger partial charge in [-0.1, -0.05) is 26.3 Å². The van der Waals surface area contributed by atoms with Crippen molar-refractivity contribution in [1.29, 1.82) is 0 Å². The average molecular weight is 168 g/mol. The summed E-state index contributed by atoms with van der Waals surface area (Å²) in [5.41, 5.74) is 0.983. The largest absolute Gasteiger partial charge is 0.392 e. The molecule has 1 rings (SSSR count). The minimum Gasteiger partial charge on any atom is -0.392 e. The molecule has 0 spiro atoms. The Labute approximate surface area is 73.3 Å². The molecule has 1 N–H and O–H groups in total. The maximum atomic E-state index is 10.3. The van der Waals surface area contributed by atoms with Crippen LogP contribution in [0.2, 0.25) is 0 Å². The number of allylic oxidation sites excluding steroid dienone is 1. The molecule has 1 fully saturated rings. The number of hydrogen-bond donors (Lipinski definition) is 1. The maximum Gasteiger partial charge on any atom is 0.142 e. The van der Waals surface area contributed by atoms with Gasteiger partial charge >= 0.3 is 0 Å². The molecule has 0 radical (unpaired) electrons. The lowest BCUT2D eigenvalue weighted by molar-refractivity contribution is -0.104. The molecule has 1 saturated carbocycles. The Morgan fingerprint density at radius 3 is 2.50 bits per heavy atom. The zero-order valence-electron chi connectivity index (χ0n) is 7.87. The molecule has 0 saturated heterocycles. The second-order valence-corrected chi connectivity index (χ2v) is 4.14. The second-order valence-electron chi connectivity index (χ2n) is 4.14. The lowest BCUT2D eigenvalue weighted by Crippen LogP contribution is -2.27. The lowest BCUT2D eigenvalue weighted by Gasteiger charge is -2.27. The summed E-state index contributed by atoms with van der Waals surface area (Å²) >= 11 is 0. The first-order chi connectivity index (χ1) is 5.50. The van der Waals surface area contributed by atoms with E-state index in [1.807, 2.05) is 13.8 Å². The number of hydrogen-bond acceptors (Lipinski definition) is 2. The summed E-state index contributed by atoms with van der Waals surface area (Å²) in [4.78, 5) is 10.3. The predicted octanol–water partition coefficient (Wildman–Crippen LogP) is 1.54. The zero-order valence-corrected chi connectivity index (χ0v) is 7.87. The summed E-state index contributed by atoms with van der Waals surface area (Å²) in [5.74, 6) is 0.303. The molecule has 0 bridgehead atoms. The number of carbonyl (C=O) groups is 1. The zero-order chi connectivity index (χ0) is 9.35. The van der Waals surface area contributed by atoms with Gasteiger partial charge in [0, 0.05) is 0 Å². The highest BCUT2D eigenvalue weighted by Gasteiger charge is 2.42. The van der Waals surface area contributed by atoms with Gasteiger partial charge in [0.1, 0.15) is 6.29 Å². The maximum absolute atomic E-state index is 10.3. The summed E-state index contributed by atoms with van der Waals surface area (Å²) in [5, 5.41) is 9.67. The Hall–Kier alpha value is -0.630. The number of aldehydes is 1. The van der Waals surface area contributed by atoms with Crippen molar-refractivity contribution in [3.63, 3.8) is 0 Å². The topological polar surface area (TPSA) is 37.3 Å². The van der Waals surface area contributed by atoms with Crippen LogP contribution in [0.25, 0.3) is 0 Å². The fourth-order valence-electron chi connectivity index (χ4n) is 1.73. The van der Waals surface area contributed by atoms with Gasteiger partial charge in [0.15, 0.2) is 0 Å². The molecule has 2 atom stereocenters. The van der Waals surface area contributed by atoms with Crippen molar-refractivity contribution in [2.45, 2.75) is 33.3 Å². The second kappa shape index (κ2) is 3.02. The normalized spacial score (nSPS) is 37.2. The van der Waals surface area contributed by atoms with Gasteiger partial charge in [0.2, 0.25) is 0 Å². The van der Waals surface area contributed by atoms with Gasteiger partial charge in [0.05, 0.1) is 6.10 Å². The van der Waals surface area contributed by atoms with E-state index in [-0.39, 0.29) is 11.5 Å². The van der Waals surface area contributed by atoms with Crippen LogP contribution in [-0.2, 0) is 4.79 Å². The van der Waals surface area contributed by atoms with Crippen LogP contribution in [-0.4, -0.2) is 17.5 Å². The molecule has 0 aliphatic heterocycles. The van der Waals surface area contributed by atoms with Gasteiger partial charge in [-0.2, -0.15) is 0 Å². The Kier molecular flexibility index (Phi) is 2.38. The highest BCUT2D eigenvalue weighted by Crippen LogP contribution is 2.45. The Bertz CT molecular complexity index is 216. The van der Waals surface area contributed by atoms with E-state index >= 15 is 0 Å². The SMILES string of the molecule is CC1/C(=C\C=O)CC(O)C1(C)C. The highest BCUT2D eigenvalue weighted by molar-refractivity contribution is 5.66. The molecule has 0 heterocycles. The molecule has 0 aromatic rings. The molecule has 1 aliphatic carbocycles. The van der Waals surface area contributed by atoms with Crippen molar-refractivity contribution >= 4 is 6.29 Å². The van der Waals surface area contributed by atoms with Crippen LogP contribution in [0.15, 0.2) is 11.6 Å². The monoisotopic (exact) mass is 168 g/mol. The molecule has 2 unspecified atom stereocenters. The minimum absolute atomic E-state index is 0.0884. The van der Waals surface area contributed by atoms with Crippen molar-refractivity contribution in [2.75, 3.05) is 0 Å². The first-order valence-electron chi connectivity index (χ1n) is 4.32. The first kappa shape index (κ1) is 9.46. The van der Waals surface area contributed by atoms with E-state index in [0.29, 0.717) is 12.3 Å². The average Bonchev–Trinajstić information content (AvgIpc) is 2.17. The molecule has 1 aliphatic rings. The Morgan fingerprint density at radius 1 is 1.58 bits per heavy atom. The molecule has 2 nitrogen and oxygen atoms in total. The summed E-state index contributed by atoms with van der Waals surface area (Å²) in [6.07, 6.45) is 2.73. The van der Waals surface area contributed by atoms with Gasteiger partial charge in [0.25, 0.3) is 0 Å². The Morgan fingerprint density at radius 2 is 2.17 bits per heavy atom. The summed E-state index contributed by atoms with van der Waals surface area (Å²) in [6, 6.07) is 0. The smallest absolute Gasteiger partial charge is 0.142 e. The highest BCUT2D eigenvalue weighted by atomic mass is 16.3. The summed E-state index contributed by atoms with van der Waals surface area (Å²) < 4.78 is 0. The van der Waals surface area contributed by atoms with E-state index in [0.717, 1.165) is 11.9 Å². The number of aliphatic hydroxyl groups excluding tert-OH is 1. The fourth-order valence-corrected chi connectivity index (χ4v) is 1.73. The van der Waals surface area contributed by atoms with Crippen molar-refractivity contribution in [3.8, 4) is 0 Å². The third-order valence-electron chi connectivity index (χ3n) is 3.24. The van der Waals surface area contributed by atoms with Crippen LogP contribution < -0.4 is 0 Å². The van der Waals surface area contributed by atoms with Crippen LogP contribution in [0.4, 0.5) is 0 Å². The summed E-state index contributed by atoms with van der Waals surface area (Å²) in [7, 11) is 0. The molecule has 68 valence electrons. The molecular weight excluding hydrogens is 152 g/mol. The van der Waals surface area contributed by atoms with Gasteiger partial charge < -0.3 is 5.11 Å². The standard InChI is InChI=1S/C10H16O2/c1-7-8(4-5-11)6-9(12)10(7,2)3/h4-5,7,9,12H,6H2,1-3H3/b8-4-. The van der Waals surface area contributed by atoms with Gasteiger partial charge in [-0.3, -0.25) is 4.79 Å². The predicted molar refractivity (Wildman–Crippen MR) is 47.7 cm³/mol. The summed E-state index contributed by atoms with van der Waals surface area (Å²) in [6.45, 7) is 6.13. The van der Waals surface area contributed by atoms with E-state index in [4.69, 9.17) is 0 Å². The number of carbonyl (C=O) groups excluding carboxylic acids is 1. The van der Waals surface area contributed by atoms with E-state index < -0.39 is 0 Å². The van der Waals surface area contributed by atoms with Gasteiger partial charge in [-0.25, -0.2) is 0 Å². The van der Waals surface area contributed by atoms with E-state index in [9.17, 15) is 9.90 Å². The van der Waals surface area contributed by atoms with Crippen LogP contribution >= 0.6 is 0 Å². The van der Waals surface area contributed by atoms with E-state index in [1.54, 1.807) is 6.08 Å². The molecule has 0 aromatic carbocycles. The molecular formula is C10H16O2. The first-order valence-corrected chi connectivity index (χ1v) is 4.32. The van der Waals surface area contributed by atoms with E-state index in [2.05, 4.69) is 6.92 Å². The van der Waals surface area contributed by atoms with Crippen LogP contribution in [0.1, 0.15) is 27.2 Å². The van der Waals surface area contributed by atoms with E-state index in [1.165, 1.54) is 0 Å². The van der Waals surface area contributed by atoms with Crippen LogP contribution in [0.5, 0.6) is 0 Å². The van der Waals surface area contributed by atoms with Crippen molar-refractivity contribution < 1.29 is 9.90 Å². The van der Waals surface area contributed by atoms with Crippen LogP contribution in [0, 0.1) is 11.3 Å². The number of rotatable bonds is 1. The third kappa shape index (κ3) is 1.31. The molecule has 12 heavy (non-hydrogen) atoms. The third-order valence-corrected chi connectivity index (χ3v) is 3.24. The van der Waals surface area contributed by atoms with Gasteiger partial charge in [-0.15, -0.1) is 0 Å². The van der Waals surface area contributed by atoms with Crippen molar-refractivity contribution in [2.24, 2.45) is 11.3 Å². The molecule has 2 heteroatoms. The van der Waals surface area contributed by atoms with Crippen molar-refractivity contribution in [3.05, 3.63) is 11.6 Å². The van der Waals surface area contributed by atoms with Crippen LogP contribution in [0.3, 0.4) is 0 Å². The lowest BCUT2D eigenvalue weighted by atomic mass is 9.80. The molecule has 0 amide bonds.